The summed E-state index contributed by atoms with van der Waals surface area (Å²) < 4.78 is 31.0. The molecule has 21 heavy (non-hydrogen) atoms. The standard InChI is InChI=1S/C16H17F2NO2/c1-21-15-3-2-12(16(20)9-15)10-19-5-4-11-6-13(17)8-14(18)7-11/h2-3,6-9,19-20H,4-5,10H2,1H3. The molecule has 5 heteroatoms. The van der Waals surface area contributed by atoms with Crippen molar-refractivity contribution in [3.8, 4) is 11.5 Å². The number of nitrogens with one attached hydrogen (secondary N) is 1. The SMILES string of the molecule is COc1ccc(CNCCc2cc(F)cc(F)c2)c(O)c1. The monoisotopic (exact) mass is 293 g/mol. The van der Waals surface area contributed by atoms with Gasteiger partial charge >= 0.3 is 0 Å². The molecule has 0 atom stereocenters. The van der Waals surface area contributed by atoms with Crippen molar-refractivity contribution in [3.05, 3.63) is 59.2 Å². The van der Waals surface area contributed by atoms with E-state index in [0.717, 1.165) is 11.6 Å². The van der Waals surface area contributed by atoms with Crippen molar-refractivity contribution in [3.63, 3.8) is 0 Å². The van der Waals surface area contributed by atoms with Gasteiger partial charge < -0.3 is 15.2 Å². The summed E-state index contributed by atoms with van der Waals surface area (Å²) in [6.07, 6.45) is 0.506. The van der Waals surface area contributed by atoms with Crippen LogP contribution >= 0.6 is 0 Å². The normalized spacial score (nSPS) is 10.6. The van der Waals surface area contributed by atoms with E-state index in [1.165, 1.54) is 19.2 Å². The molecule has 0 fully saturated rings. The molecule has 0 aromatic heterocycles. The Balaban J connectivity index is 1.84. The third-order valence-corrected chi connectivity index (χ3v) is 3.12. The van der Waals surface area contributed by atoms with Crippen molar-refractivity contribution in [2.45, 2.75) is 13.0 Å². The number of ether oxygens (including phenoxy) is 1. The van der Waals surface area contributed by atoms with Gasteiger partial charge in [0.15, 0.2) is 0 Å². The van der Waals surface area contributed by atoms with Gasteiger partial charge in [-0.1, -0.05) is 6.07 Å². The quantitative estimate of drug-likeness (QED) is 0.804. The predicted octanol–water partition coefficient (Wildman–Crippen LogP) is 3.01. The van der Waals surface area contributed by atoms with E-state index in [0.29, 0.717) is 30.8 Å². The molecule has 2 rings (SSSR count). The smallest absolute Gasteiger partial charge is 0.126 e. The summed E-state index contributed by atoms with van der Waals surface area (Å²) in [4.78, 5) is 0. The second-order valence-electron chi connectivity index (χ2n) is 4.70. The number of halogens is 2. The highest BCUT2D eigenvalue weighted by Crippen LogP contribution is 2.23. The first-order valence-corrected chi connectivity index (χ1v) is 6.60. The highest BCUT2D eigenvalue weighted by molar-refractivity contribution is 5.39. The van der Waals surface area contributed by atoms with Crippen LogP contribution in [0.3, 0.4) is 0 Å². The van der Waals surface area contributed by atoms with Gasteiger partial charge in [0, 0.05) is 24.2 Å². The molecule has 2 aromatic rings. The average Bonchev–Trinajstić information content (AvgIpc) is 2.43. The Kier molecular flexibility index (Phi) is 5.11. The topological polar surface area (TPSA) is 41.5 Å². The molecule has 0 unspecified atom stereocenters. The largest absolute Gasteiger partial charge is 0.507 e. The number of benzene rings is 2. The Morgan fingerprint density at radius 3 is 2.43 bits per heavy atom. The maximum Gasteiger partial charge on any atom is 0.126 e. The van der Waals surface area contributed by atoms with Gasteiger partial charge in [0.05, 0.1) is 7.11 Å². The minimum Gasteiger partial charge on any atom is -0.507 e. The fourth-order valence-electron chi connectivity index (χ4n) is 2.03. The third-order valence-electron chi connectivity index (χ3n) is 3.12. The van der Waals surface area contributed by atoms with Crippen LogP contribution in [0.4, 0.5) is 8.78 Å². The maximum atomic E-state index is 13.0. The lowest BCUT2D eigenvalue weighted by molar-refractivity contribution is 0.406. The van der Waals surface area contributed by atoms with Crippen LogP contribution in [0, 0.1) is 11.6 Å². The molecule has 0 heterocycles. The van der Waals surface area contributed by atoms with Gasteiger partial charge in [0.2, 0.25) is 0 Å². The molecule has 0 amide bonds. The van der Waals surface area contributed by atoms with E-state index in [1.807, 2.05) is 0 Å². The number of rotatable bonds is 6. The highest BCUT2D eigenvalue weighted by Gasteiger charge is 2.04. The zero-order valence-electron chi connectivity index (χ0n) is 11.7. The number of hydrogen-bond acceptors (Lipinski definition) is 3. The van der Waals surface area contributed by atoms with Crippen molar-refractivity contribution >= 4 is 0 Å². The van der Waals surface area contributed by atoms with Crippen molar-refractivity contribution < 1.29 is 18.6 Å². The van der Waals surface area contributed by atoms with Gasteiger partial charge in [-0.3, -0.25) is 0 Å². The summed E-state index contributed by atoms with van der Waals surface area (Å²) in [5, 5.41) is 12.9. The fourth-order valence-corrected chi connectivity index (χ4v) is 2.03. The van der Waals surface area contributed by atoms with Gasteiger partial charge in [0.1, 0.15) is 23.1 Å². The first-order chi connectivity index (χ1) is 10.1. The second-order valence-corrected chi connectivity index (χ2v) is 4.70. The Hall–Kier alpha value is -2.14. The van der Waals surface area contributed by atoms with Crippen LogP contribution in [-0.4, -0.2) is 18.8 Å². The summed E-state index contributed by atoms with van der Waals surface area (Å²) in [5.74, 6) is -0.402. The van der Waals surface area contributed by atoms with Gasteiger partial charge in [-0.2, -0.15) is 0 Å². The van der Waals surface area contributed by atoms with E-state index < -0.39 is 11.6 Å². The molecule has 0 saturated heterocycles. The molecule has 0 aliphatic heterocycles. The predicted molar refractivity (Wildman–Crippen MR) is 76.4 cm³/mol. The molecule has 0 radical (unpaired) electrons. The zero-order valence-corrected chi connectivity index (χ0v) is 11.7. The molecule has 112 valence electrons. The first-order valence-electron chi connectivity index (χ1n) is 6.60. The summed E-state index contributed by atoms with van der Waals surface area (Å²) in [5.41, 5.74) is 1.33. The van der Waals surface area contributed by atoms with Crippen LogP contribution in [0.15, 0.2) is 36.4 Å². The van der Waals surface area contributed by atoms with E-state index in [2.05, 4.69) is 5.32 Å². The number of aromatic hydroxyl groups is 1. The lowest BCUT2D eigenvalue weighted by atomic mass is 10.1. The average molecular weight is 293 g/mol. The van der Waals surface area contributed by atoms with Crippen LogP contribution in [0.25, 0.3) is 0 Å². The summed E-state index contributed by atoms with van der Waals surface area (Å²) in [6, 6.07) is 8.55. The zero-order chi connectivity index (χ0) is 15.2. The van der Waals surface area contributed by atoms with Crippen molar-refractivity contribution in [1.29, 1.82) is 0 Å². The van der Waals surface area contributed by atoms with Crippen LogP contribution < -0.4 is 10.1 Å². The maximum absolute atomic E-state index is 13.0. The molecular weight excluding hydrogens is 276 g/mol. The van der Waals surface area contributed by atoms with E-state index in [1.54, 1.807) is 18.2 Å². The Morgan fingerprint density at radius 1 is 1.10 bits per heavy atom. The van der Waals surface area contributed by atoms with E-state index in [4.69, 9.17) is 4.74 Å². The first kappa shape index (κ1) is 15.3. The summed E-state index contributed by atoms with van der Waals surface area (Å²) >= 11 is 0. The lowest BCUT2D eigenvalue weighted by Gasteiger charge is -2.08. The van der Waals surface area contributed by atoms with E-state index in [-0.39, 0.29) is 5.75 Å². The third kappa shape index (κ3) is 4.43. The van der Waals surface area contributed by atoms with Crippen LogP contribution in [0.1, 0.15) is 11.1 Å². The Morgan fingerprint density at radius 2 is 1.81 bits per heavy atom. The van der Waals surface area contributed by atoms with Crippen LogP contribution in [0.5, 0.6) is 11.5 Å². The number of phenolic OH excluding ortho intramolecular Hbond substituents is 1. The molecule has 2 aromatic carbocycles. The van der Waals surface area contributed by atoms with Crippen molar-refractivity contribution in [1.82, 2.24) is 5.32 Å². The van der Waals surface area contributed by atoms with Gasteiger partial charge in [-0.05, 0) is 36.7 Å². The lowest BCUT2D eigenvalue weighted by Crippen LogP contribution is -2.16. The van der Waals surface area contributed by atoms with Gasteiger partial charge in [-0.25, -0.2) is 8.78 Å². The second kappa shape index (κ2) is 7.04. The summed E-state index contributed by atoms with van der Waals surface area (Å²) in [6.45, 7) is 1.02. The molecule has 3 nitrogen and oxygen atoms in total. The van der Waals surface area contributed by atoms with Gasteiger partial charge in [0.25, 0.3) is 0 Å². The minimum atomic E-state index is -0.571. The molecule has 0 saturated carbocycles. The Bertz CT molecular complexity index is 597. The number of methoxy groups -OCH3 is 1. The molecule has 0 bridgehead atoms. The molecule has 0 aliphatic carbocycles. The van der Waals surface area contributed by atoms with Crippen molar-refractivity contribution in [2.24, 2.45) is 0 Å². The van der Waals surface area contributed by atoms with E-state index >= 15 is 0 Å². The minimum absolute atomic E-state index is 0.152. The van der Waals surface area contributed by atoms with Gasteiger partial charge in [-0.15, -0.1) is 0 Å². The van der Waals surface area contributed by atoms with Crippen molar-refractivity contribution in [2.75, 3.05) is 13.7 Å². The summed E-state index contributed by atoms with van der Waals surface area (Å²) in [7, 11) is 1.53. The molecule has 0 spiro atoms. The molecule has 0 aliphatic rings. The van der Waals surface area contributed by atoms with Crippen LogP contribution in [-0.2, 0) is 13.0 Å². The highest BCUT2D eigenvalue weighted by atomic mass is 19.1. The molecular formula is C16H17F2NO2. The van der Waals surface area contributed by atoms with E-state index in [9.17, 15) is 13.9 Å². The Labute approximate surface area is 122 Å². The number of phenols is 1. The fraction of sp³-hybridized carbons (Fsp3) is 0.250. The van der Waals surface area contributed by atoms with Crippen LogP contribution in [0.2, 0.25) is 0 Å². The number of hydrogen-bond donors (Lipinski definition) is 2. The molecule has 2 N–H and O–H groups in total.